The molecule has 4 nitrogen and oxygen atoms in total. The van der Waals surface area contributed by atoms with Crippen LogP contribution in [0.15, 0.2) is 18.2 Å². The lowest BCUT2D eigenvalue weighted by atomic mass is 9.81. The van der Waals surface area contributed by atoms with E-state index < -0.39 is 0 Å². The van der Waals surface area contributed by atoms with Crippen molar-refractivity contribution < 1.29 is 9.47 Å². The first-order chi connectivity index (χ1) is 10.5. The first-order valence-corrected chi connectivity index (χ1v) is 8.23. The first-order valence-electron chi connectivity index (χ1n) is 8.23. The molecule has 1 atom stereocenters. The Kier molecular flexibility index (Phi) is 5.70. The molecule has 0 saturated carbocycles. The van der Waals surface area contributed by atoms with Crippen molar-refractivity contribution in [3.8, 4) is 11.5 Å². The van der Waals surface area contributed by atoms with Crippen LogP contribution in [0.1, 0.15) is 39.3 Å². The van der Waals surface area contributed by atoms with Gasteiger partial charge in [-0.05, 0) is 30.0 Å². The highest BCUT2D eigenvalue weighted by Crippen LogP contribution is 2.41. The van der Waals surface area contributed by atoms with Crippen molar-refractivity contribution in [1.82, 2.24) is 10.2 Å². The number of piperazine rings is 1. The predicted octanol–water partition coefficient (Wildman–Crippen LogP) is 3.09. The molecule has 124 valence electrons. The molecule has 1 N–H and O–H groups in total. The second-order valence-electron chi connectivity index (χ2n) is 6.90. The summed E-state index contributed by atoms with van der Waals surface area (Å²) in [4.78, 5) is 2.58. The van der Waals surface area contributed by atoms with Gasteiger partial charge >= 0.3 is 0 Å². The smallest absolute Gasteiger partial charge is 0.161 e. The van der Waals surface area contributed by atoms with Crippen LogP contribution in [0.2, 0.25) is 0 Å². The van der Waals surface area contributed by atoms with Crippen LogP contribution in [0, 0.1) is 5.41 Å². The number of rotatable bonds is 5. The zero-order chi connectivity index (χ0) is 16.2. The Hall–Kier alpha value is -1.26. The molecule has 0 radical (unpaired) electrons. The third kappa shape index (κ3) is 3.93. The van der Waals surface area contributed by atoms with E-state index in [0.717, 1.165) is 37.7 Å². The minimum atomic E-state index is 0.162. The third-order valence-electron chi connectivity index (χ3n) is 4.14. The fraction of sp³-hybridized carbons (Fsp3) is 0.667. The van der Waals surface area contributed by atoms with Crippen LogP contribution in [0.25, 0.3) is 0 Å². The van der Waals surface area contributed by atoms with E-state index in [4.69, 9.17) is 9.47 Å². The Morgan fingerprint density at radius 3 is 2.41 bits per heavy atom. The van der Waals surface area contributed by atoms with Gasteiger partial charge in [-0.3, -0.25) is 4.90 Å². The number of nitrogens with zero attached hydrogens (tertiary/aromatic N) is 1. The van der Waals surface area contributed by atoms with Crippen LogP contribution in [-0.4, -0.2) is 44.8 Å². The SMILES string of the molecule is CCOc1cc([C@H](N2CCNCC2)C(C)(C)C)ccc1OC. The molecular formula is C18H30N2O2. The largest absolute Gasteiger partial charge is 0.493 e. The third-order valence-corrected chi connectivity index (χ3v) is 4.14. The minimum Gasteiger partial charge on any atom is -0.493 e. The molecule has 1 saturated heterocycles. The van der Waals surface area contributed by atoms with Crippen molar-refractivity contribution in [2.24, 2.45) is 5.41 Å². The van der Waals surface area contributed by atoms with E-state index in [1.165, 1.54) is 5.56 Å². The van der Waals surface area contributed by atoms with Crippen molar-refractivity contribution in [3.05, 3.63) is 23.8 Å². The summed E-state index contributed by atoms with van der Waals surface area (Å²) in [6.07, 6.45) is 0. The molecule has 1 aliphatic heterocycles. The molecule has 1 aromatic rings. The zero-order valence-corrected chi connectivity index (χ0v) is 14.6. The van der Waals surface area contributed by atoms with E-state index in [-0.39, 0.29) is 5.41 Å². The number of nitrogens with one attached hydrogen (secondary N) is 1. The van der Waals surface area contributed by atoms with Crippen molar-refractivity contribution in [1.29, 1.82) is 0 Å². The highest BCUT2D eigenvalue weighted by molar-refractivity contribution is 5.44. The van der Waals surface area contributed by atoms with Gasteiger partial charge in [0, 0.05) is 32.2 Å². The maximum Gasteiger partial charge on any atom is 0.161 e. The second-order valence-corrected chi connectivity index (χ2v) is 6.90. The van der Waals surface area contributed by atoms with E-state index in [9.17, 15) is 0 Å². The van der Waals surface area contributed by atoms with Gasteiger partial charge in [0.1, 0.15) is 0 Å². The van der Waals surface area contributed by atoms with Crippen LogP contribution < -0.4 is 14.8 Å². The number of benzene rings is 1. The summed E-state index contributed by atoms with van der Waals surface area (Å²) in [5.74, 6) is 1.64. The molecule has 0 spiro atoms. The molecule has 0 unspecified atom stereocenters. The number of hydrogen-bond donors (Lipinski definition) is 1. The highest BCUT2D eigenvalue weighted by Gasteiger charge is 2.33. The Balaban J connectivity index is 2.36. The molecule has 22 heavy (non-hydrogen) atoms. The van der Waals surface area contributed by atoms with Crippen LogP contribution >= 0.6 is 0 Å². The van der Waals surface area contributed by atoms with Crippen molar-refractivity contribution in [2.45, 2.75) is 33.7 Å². The molecular weight excluding hydrogens is 276 g/mol. The summed E-state index contributed by atoms with van der Waals surface area (Å²) in [5.41, 5.74) is 1.47. The van der Waals surface area contributed by atoms with Gasteiger partial charge in [0.05, 0.1) is 13.7 Å². The fourth-order valence-electron chi connectivity index (χ4n) is 3.33. The Morgan fingerprint density at radius 1 is 1.18 bits per heavy atom. The molecule has 0 bridgehead atoms. The van der Waals surface area contributed by atoms with Gasteiger partial charge in [0.25, 0.3) is 0 Å². The van der Waals surface area contributed by atoms with E-state index in [1.807, 2.05) is 13.0 Å². The van der Waals surface area contributed by atoms with Gasteiger partial charge < -0.3 is 14.8 Å². The first kappa shape index (κ1) is 17.1. The van der Waals surface area contributed by atoms with Crippen molar-refractivity contribution >= 4 is 0 Å². The van der Waals surface area contributed by atoms with Crippen molar-refractivity contribution in [2.75, 3.05) is 39.9 Å². The Labute approximate surface area is 134 Å². The van der Waals surface area contributed by atoms with E-state index in [2.05, 4.69) is 43.1 Å². The lowest BCUT2D eigenvalue weighted by molar-refractivity contribution is 0.0859. The summed E-state index contributed by atoms with van der Waals surface area (Å²) < 4.78 is 11.2. The molecule has 1 heterocycles. The molecule has 4 heteroatoms. The average molecular weight is 306 g/mol. The standard InChI is InChI=1S/C18H30N2O2/c1-6-22-16-13-14(7-8-15(16)21-5)17(18(2,3)4)20-11-9-19-10-12-20/h7-8,13,17,19H,6,9-12H2,1-5H3/t17-/m0/s1. The maximum atomic E-state index is 5.76. The fourth-order valence-corrected chi connectivity index (χ4v) is 3.33. The van der Waals surface area contributed by atoms with Gasteiger partial charge in [-0.25, -0.2) is 0 Å². The van der Waals surface area contributed by atoms with Crippen LogP contribution in [0.4, 0.5) is 0 Å². The van der Waals surface area contributed by atoms with Crippen LogP contribution in [0.5, 0.6) is 11.5 Å². The molecule has 1 aliphatic rings. The summed E-state index contributed by atoms with van der Waals surface area (Å²) in [6.45, 7) is 13.9. The van der Waals surface area contributed by atoms with E-state index in [0.29, 0.717) is 12.6 Å². The zero-order valence-electron chi connectivity index (χ0n) is 14.6. The summed E-state index contributed by atoms with van der Waals surface area (Å²) in [6, 6.07) is 6.74. The molecule has 1 fully saturated rings. The van der Waals surface area contributed by atoms with E-state index >= 15 is 0 Å². The topological polar surface area (TPSA) is 33.7 Å². The highest BCUT2D eigenvalue weighted by atomic mass is 16.5. The van der Waals surface area contributed by atoms with E-state index in [1.54, 1.807) is 7.11 Å². The summed E-state index contributed by atoms with van der Waals surface area (Å²) >= 11 is 0. The summed E-state index contributed by atoms with van der Waals surface area (Å²) in [5, 5.41) is 3.44. The van der Waals surface area contributed by atoms with Crippen molar-refractivity contribution in [3.63, 3.8) is 0 Å². The van der Waals surface area contributed by atoms with Crippen LogP contribution in [0.3, 0.4) is 0 Å². The number of hydrogen-bond acceptors (Lipinski definition) is 4. The number of methoxy groups -OCH3 is 1. The average Bonchev–Trinajstić information content (AvgIpc) is 2.48. The lowest BCUT2D eigenvalue weighted by Gasteiger charge is -2.42. The minimum absolute atomic E-state index is 0.162. The lowest BCUT2D eigenvalue weighted by Crippen LogP contribution is -2.48. The summed E-state index contributed by atoms with van der Waals surface area (Å²) in [7, 11) is 1.69. The van der Waals surface area contributed by atoms with Gasteiger partial charge in [0.15, 0.2) is 11.5 Å². The van der Waals surface area contributed by atoms with Crippen LogP contribution in [-0.2, 0) is 0 Å². The normalized spacial score (nSPS) is 18.0. The van der Waals surface area contributed by atoms with Gasteiger partial charge in [-0.15, -0.1) is 0 Å². The molecule has 0 amide bonds. The van der Waals surface area contributed by atoms with Gasteiger partial charge in [-0.1, -0.05) is 26.8 Å². The predicted molar refractivity (Wildman–Crippen MR) is 90.8 cm³/mol. The monoisotopic (exact) mass is 306 g/mol. The quantitative estimate of drug-likeness (QED) is 0.906. The Bertz CT molecular complexity index is 476. The van der Waals surface area contributed by atoms with Gasteiger partial charge in [-0.2, -0.15) is 0 Å². The molecule has 0 aromatic heterocycles. The molecule has 1 aromatic carbocycles. The second kappa shape index (κ2) is 7.34. The maximum absolute atomic E-state index is 5.76. The number of ether oxygens (including phenoxy) is 2. The molecule has 0 aliphatic carbocycles. The van der Waals surface area contributed by atoms with Gasteiger partial charge in [0.2, 0.25) is 0 Å². The molecule has 2 rings (SSSR count). The Morgan fingerprint density at radius 2 is 1.86 bits per heavy atom.